The monoisotopic (exact) mass is 720 g/mol. The van der Waals surface area contributed by atoms with Crippen LogP contribution < -0.4 is 10.6 Å². The van der Waals surface area contributed by atoms with E-state index in [0.717, 1.165) is 24.3 Å². The molecule has 0 atom stereocenters. The van der Waals surface area contributed by atoms with Crippen molar-refractivity contribution in [2.45, 2.75) is 90.5 Å². The lowest BCUT2D eigenvalue weighted by atomic mass is 9.71. The summed E-state index contributed by atoms with van der Waals surface area (Å²) in [7, 11) is 0. The van der Waals surface area contributed by atoms with Crippen LogP contribution in [-0.2, 0) is 11.8 Å². The van der Waals surface area contributed by atoms with Crippen molar-refractivity contribution in [3.63, 3.8) is 0 Å². The van der Waals surface area contributed by atoms with Crippen LogP contribution in [0.25, 0.3) is 0 Å². The number of hydrogen-bond acceptors (Lipinski definition) is 5. The van der Waals surface area contributed by atoms with Gasteiger partial charge in [0.05, 0.1) is 16.7 Å². The number of alkyl halides is 6. The van der Waals surface area contributed by atoms with Crippen LogP contribution in [0, 0.1) is 12.3 Å². The van der Waals surface area contributed by atoms with Gasteiger partial charge in [0.1, 0.15) is 0 Å². The molecule has 8 nitrogen and oxygen atoms in total. The lowest BCUT2D eigenvalue weighted by Crippen LogP contribution is -2.55. The standard InChI is InChI=1S/C37H38F6N2O6/c1-7-34(6,8-2)29(46)23-17-24(26(32(50)51)18-25(23)31(48)49)30(47)44-27-15-21(11-9-19(27)3)35(36(38,39)40,37(41,42)43)22-12-10-20-13-14-33(4,5)45-28(20)16-22/h9-12,15-18,45H,7-8,13-14H2,1-6H3,(H,44,47)(H,48,49)(H,50,51). The summed E-state index contributed by atoms with van der Waals surface area (Å²) < 4.78 is 90.8. The molecule has 274 valence electrons. The number of benzene rings is 3. The van der Waals surface area contributed by atoms with Crippen molar-refractivity contribution in [1.82, 2.24) is 0 Å². The number of fused-ring (bicyclic) bond motifs is 1. The summed E-state index contributed by atoms with van der Waals surface area (Å²) >= 11 is 0. The molecule has 0 bridgehead atoms. The Morgan fingerprint density at radius 2 is 1.29 bits per heavy atom. The summed E-state index contributed by atoms with van der Waals surface area (Å²) in [6.45, 7) is 9.78. The third-order valence-electron chi connectivity index (χ3n) is 10.0. The largest absolute Gasteiger partial charge is 0.478 e. The van der Waals surface area contributed by atoms with Crippen molar-refractivity contribution < 1.29 is 55.7 Å². The number of halogens is 6. The molecule has 4 rings (SSSR count). The topological polar surface area (TPSA) is 133 Å². The van der Waals surface area contributed by atoms with E-state index < -0.39 is 91.4 Å². The minimum atomic E-state index is -5.94. The van der Waals surface area contributed by atoms with Gasteiger partial charge < -0.3 is 20.8 Å². The first-order valence-corrected chi connectivity index (χ1v) is 16.1. The normalized spacial score (nSPS) is 14.7. The van der Waals surface area contributed by atoms with E-state index in [0.29, 0.717) is 36.6 Å². The molecule has 51 heavy (non-hydrogen) atoms. The average molecular weight is 721 g/mol. The molecular formula is C37H38F6N2O6. The van der Waals surface area contributed by atoms with Crippen LogP contribution in [-0.4, -0.2) is 51.7 Å². The summed E-state index contributed by atoms with van der Waals surface area (Å²) in [4.78, 5) is 51.6. The predicted molar refractivity (Wildman–Crippen MR) is 178 cm³/mol. The van der Waals surface area contributed by atoms with Crippen molar-refractivity contribution in [3.05, 3.63) is 93.0 Å². The van der Waals surface area contributed by atoms with Gasteiger partial charge in [-0.05, 0) is 93.0 Å². The number of amides is 1. The molecule has 1 amide bonds. The Bertz CT molecular complexity index is 1900. The van der Waals surface area contributed by atoms with E-state index in [9.17, 15) is 29.4 Å². The highest BCUT2D eigenvalue weighted by Gasteiger charge is 2.72. The molecule has 3 aromatic rings. The van der Waals surface area contributed by atoms with Crippen LogP contribution in [0.3, 0.4) is 0 Å². The highest BCUT2D eigenvalue weighted by atomic mass is 19.4. The van der Waals surface area contributed by atoms with Gasteiger partial charge in [-0.1, -0.05) is 45.0 Å². The number of carbonyl (C=O) groups is 4. The fourth-order valence-electron chi connectivity index (χ4n) is 6.41. The molecular weight excluding hydrogens is 682 g/mol. The van der Waals surface area contributed by atoms with Gasteiger partial charge in [0.2, 0.25) is 5.41 Å². The Morgan fingerprint density at radius 1 is 0.784 bits per heavy atom. The zero-order chi connectivity index (χ0) is 38.5. The zero-order valence-electron chi connectivity index (χ0n) is 28.7. The second-order valence-electron chi connectivity index (χ2n) is 13.8. The van der Waals surface area contributed by atoms with Gasteiger partial charge in [-0.25, -0.2) is 9.59 Å². The summed E-state index contributed by atoms with van der Waals surface area (Å²) in [5.74, 6) is -5.42. The maximum Gasteiger partial charge on any atom is 0.411 e. The van der Waals surface area contributed by atoms with Gasteiger partial charge in [-0.3, -0.25) is 9.59 Å². The average Bonchev–Trinajstić information content (AvgIpc) is 3.03. The molecule has 0 unspecified atom stereocenters. The number of anilines is 2. The number of carboxylic acids is 2. The number of ketones is 1. The molecule has 14 heteroatoms. The first kappa shape index (κ1) is 38.9. The van der Waals surface area contributed by atoms with Crippen LogP contribution >= 0.6 is 0 Å². The highest BCUT2D eigenvalue weighted by Crippen LogP contribution is 2.57. The van der Waals surface area contributed by atoms with Gasteiger partial charge in [0, 0.05) is 27.9 Å². The number of Topliss-reactive ketones (excluding diaryl/α,β-unsaturated/α-hetero) is 1. The number of carboxylic acid groups (broad SMARTS) is 2. The van der Waals surface area contributed by atoms with Gasteiger partial charge >= 0.3 is 24.3 Å². The van der Waals surface area contributed by atoms with Crippen molar-refractivity contribution in [2.75, 3.05) is 10.6 Å². The number of aryl methyl sites for hydroxylation is 2. The van der Waals surface area contributed by atoms with Crippen LogP contribution in [0.5, 0.6) is 0 Å². The third-order valence-corrected chi connectivity index (χ3v) is 10.0. The number of aromatic carboxylic acids is 2. The Kier molecular flexibility index (Phi) is 10.2. The molecule has 0 saturated heterocycles. The van der Waals surface area contributed by atoms with Gasteiger partial charge in [-0.2, -0.15) is 26.3 Å². The summed E-state index contributed by atoms with van der Waals surface area (Å²) in [6, 6.07) is 6.44. The Morgan fingerprint density at radius 3 is 1.82 bits per heavy atom. The second kappa shape index (κ2) is 13.3. The first-order valence-electron chi connectivity index (χ1n) is 16.1. The number of carbonyl (C=O) groups excluding carboxylic acids is 2. The third kappa shape index (κ3) is 6.92. The second-order valence-corrected chi connectivity index (χ2v) is 13.8. The lowest BCUT2D eigenvalue weighted by molar-refractivity contribution is -0.288. The van der Waals surface area contributed by atoms with Crippen LogP contribution in [0.2, 0.25) is 0 Å². The molecule has 0 spiro atoms. The lowest BCUT2D eigenvalue weighted by Gasteiger charge is -2.40. The molecule has 0 saturated carbocycles. The Hall–Kier alpha value is -4.88. The van der Waals surface area contributed by atoms with Gasteiger partial charge in [0.25, 0.3) is 5.91 Å². The number of nitrogens with one attached hydrogen (secondary N) is 2. The summed E-state index contributed by atoms with van der Waals surface area (Å²) in [5.41, 5.74) is -11.2. The molecule has 0 fully saturated rings. The molecule has 1 aliphatic rings. The van der Waals surface area contributed by atoms with E-state index in [4.69, 9.17) is 0 Å². The van der Waals surface area contributed by atoms with E-state index in [1.54, 1.807) is 34.6 Å². The minimum Gasteiger partial charge on any atom is -0.478 e. The molecule has 0 radical (unpaired) electrons. The molecule has 0 aromatic heterocycles. The Labute approximate surface area is 290 Å². The quantitative estimate of drug-likeness (QED) is 0.121. The van der Waals surface area contributed by atoms with E-state index in [-0.39, 0.29) is 24.1 Å². The van der Waals surface area contributed by atoms with Crippen LogP contribution in [0.15, 0.2) is 48.5 Å². The minimum absolute atomic E-state index is 0.0269. The van der Waals surface area contributed by atoms with Crippen molar-refractivity contribution in [1.29, 1.82) is 0 Å². The maximum atomic E-state index is 15.1. The molecule has 0 aliphatic carbocycles. The van der Waals surface area contributed by atoms with Crippen molar-refractivity contribution in [3.8, 4) is 0 Å². The number of hydrogen-bond donors (Lipinski definition) is 4. The van der Waals surface area contributed by atoms with E-state index in [2.05, 4.69) is 10.6 Å². The number of rotatable bonds is 10. The van der Waals surface area contributed by atoms with Gasteiger partial charge in [-0.15, -0.1) is 0 Å². The van der Waals surface area contributed by atoms with Crippen molar-refractivity contribution in [2.24, 2.45) is 5.41 Å². The molecule has 3 aromatic carbocycles. The van der Waals surface area contributed by atoms with Crippen LogP contribution in [0.1, 0.15) is 118 Å². The smallest absolute Gasteiger partial charge is 0.411 e. The van der Waals surface area contributed by atoms with Gasteiger partial charge in [0.15, 0.2) is 5.78 Å². The fraction of sp³-hybridized carbons (Fsp3) is 0.405. The Balaban J connectivity index is 1.92. The summed E-state index contributed by atoms with van der Waals surface area (Å²) in [6.07, 6.45) is -10.3. The maximum absolute atomic E-state index is 15.1. The molecule has 4 N–H and O–H groups in total. The predicted octanol–water partition coefficient (Wildman–Crippen LogP) is 9.20. The van der Waals surface area contributed by atoms with Crippen molar-refractivity contribution >= 4 is 35.0 Å². The molecule has 1 aliphatic heterocycles. The van der Waals surface area contributed by atoms with E-state index in [1.807, 2.05) is 0 Å². The first-order chi connectivity index (χ1) is 23.4. The van der Waals surface area contributed by atoms with E-state index in [1.165, 1.54) is 13.0 Å². The highest BCUT2D eigenvalue weighted by molar-refractivity contribution is 6.16. The van der Waals surface area contributed by atoms with Crippen LogP contribution in [0.4, 0.5) is 37.7 Å². The fourth-order valence-corrected chi connectivity index (χ4v) is 6.41. The van der Waals surface area contributed by atoms with E-state index >= 15 is 26.3 Å². The molecule has 1 heterocycles. The summed E-state index contributed by atoms with van der Waals surface area (Å²) in [5, 5.41) is 24.9. The zero-order valence-corrected chi connectivity index (χ0v) is 28.7. The SMILES string of the molecule is CCC(C)(CC)C(=O)c1cc(C(=O)Nc2cc(C(c3ccc4c(c3)NC(C)(C)CC4)(C(F)(F)F)C(F)(F)F)ccc2C)c(C(=O)O)cc1C(=O)O.